The Kier molecular flexibility index (Phi) is 6.43. The zero-order valence-electron chi connectivity index (χ0n) is 16.0. The Hall–Kier alpha value is -1.89. The van der Waals surface area contributed by atoms with Gasteiger partial charge in [-0.05, 0) is 56.5 Å². The highest BCUT2D eigenvalue weighted by Gasteiger charge is 2.37. The minimum absolute atomic E-state index is 0.167. The number of carbonyl (C=O) groups is 2. The first-order chi connectivity index (χ1) is 13.3. The third-order valence-corrected chi connectivity index (χ3v) is 7.34. The van der Waals surface area contributed by atoms with E-state index in [1.54, 1.807) is 43.4 Å². The van der Waals surface area contributed by atoms with Crippen LogP contribution >= 0.6 is 22.9 Å². The van der Waals surface area contributed by atoms with Gasteiger partial charge in [-0.25, -0.2) is 0 Å². The maximum Gasteiger partial charge on any atom is 0.313 e. The average Bonchev–Trinajstić information content (AvgIpc) is 3.33. The van der Waals surface area contributed by atoms with Crippen molar-refractivity contribution in [2.75, 3.05) is 11.9 Å². The fraction of sp³-hybridized carbons (Fsp3) is 0.429. The first kappa shape index (κ1) is 20.8. The molecule has 1 aliphatic rings. The smallest absolute Gasteiger partial charge is 0.313 e. The van der Waals surface area contributed by atoms with E-state index in [1.165, 1.54) is 0 Å². The number of hydrogen-bond donors (Lipinski definition) is 3. The monoisotopic (exact) mass is 420 g/mol. The molecular weight excluding hydrogens is 396 g/mol. The maximum atomic E-state index is 12.4. The Balaban J connectivity index is 1.67. The number of aliphatic hydroxyl groups is 1. The third-order valence-electron chi connectivity index (χ3n) is 5.43. The van der Waals surface area contributed by atoms with E-state index >= 15 is 0 Å². The molecule has 2 amide bonds. The molecule has 0 bridgehead atoms. The molecule has 2 aromatic rings. The average molecular weight is 421 g/mol. The second-order valence-electron chi connectivity index (χ2n) is 7.41. The first-order valence-electron chi connectivity index (χ1n) is 9.45. The zero-order chi connectivity index (χ0) is 20.3. The normalized spacial score (nSPS) is 16.6. The van der Waals surface area contributed by atoms with Gasteiger partial charge in [0.05, 0.1) is 6.10 Å². The molecule has 1 heterocycles. The number of benzene rings is 1. The van der Waals surface area contributed by atoms with Crippen LogP contribution in [0.25, 0.3) is 0 Å². The number of nitrogens with one attached hydrogen (secondary N) is 2. The second kappa shape index (κ2) is 8.64. The lowest BCUT2D eigenvalue weighted by molar-refractivity contribution is -0.136. The molecule has 5 nitrogen and oxygen atoms in total. The summed E-state index contributed by atoms with van der Waals surface area (Å²) in [6, 6.07) is 9.17. The Morgan fingerprint density at radius 1 is 1.21 bits per heavy atom. The molecule has 1 fully saturated rings. The van der Waals surface area contributed by atoms with Crippen LogP contribution in [0.1, 0.15) is 54.0 Å². The van der Waals surface area contributed by atoms with Gasteiger partial charge < -0.3 is 15.7 Å². The van der Waals surface area contributed by atoms with Crippen LogP contribution in [0.4, 0.5) is 5.69 Å². The number of carbonyl (C=O) groups excluding carboxylic acids is 2. The summed E-state index contributed by atoms with van der Waals surface area (Å²) in [7, 11) is 0. The van der Waals surface area contributed by atoms with E-state index in [1.807, 2.05) is 12.1 Å². The van der Waals surface area contributed by atoms with Crippen LogP contribution in [0.5, 0.6) is 0 Å². The van der Waals surface area contributed by atoms with E-state index in [0.717, 1.165) is 41.0 Å². The van der Waals surface area contributed by atoms with E-state index in [4.69, 9.17) is 11.6 Å². The van der Waals surface area contributed by atoms with Gasteiger partial charge in [-0.2, -0.15) is 0 Å². The second-order valence-corrected chi connectivity index (χ2v) is 8.94. The van der Waals surface area contributed by atoms with Gasteiger partial charge in [0.25, 0.3) is 0 Å². The maximum absolute atomic E-state index is 12.4. The molecule has 0 radical (unpaired) electrons. The van der Waals surface area contributed by atoms with Gasteiger partial charge in [0, 0.05) is 32.4 Å². The number of thiophene rings is 1. The van der Waals surface area contributed by atoms with Gasteiger partial charge in [-0.15, -0.1) is 11.3 Å². The molecule has 150 valence electrons. The summed E-state index contributed by atoms with van der Waals surface area (Å²) in [5.74, 6) is -1.35. The summed E-state index contributed by atoms with van der Waals surface area (Å²) >= 11 is 7.65. The molecule has 1 saturated carbocycles. The van der Waals surface area contributed by atoms with Crippen LogP contribution in [0, 0.1) is 6.92 Å². The molecular formula is C21H25ClN2O3S. The van der Waals surface area contributed by atoms with Crippen LogP contribution in [-0.2, 0) is 15.0 Å². The fourth-order valence-corrected chi connectivity index (χ4v) is 5.04. The Morgan fingerprint density at radius 3 is 2.57 bits per heavy atom. The highest BCUT2D eigenvalue weighted by molar-refractivity contribution is 7.12. The Labute approximate surface area is 174 Å². The predicted molar refractivity (Wildman–Crippen MR) is 113 cm³/mol. The van der Waals surface area contributed by atoms with Crippen molar-refractivity contribution in [2.45, 2.75) is 51.0 Å². The molecule has 3 rings (SSSR count). The lowest BCUT2D eigenvalue weighted by Gasteiger charge is -2.28. The summed E-state index contributed by atoms with van der Waals surface area (Å²) in [6.45, 7) is 3.95. The topological polar surface area (TPSA) is 78.4 Å². The Bertz CT molecular complexity index is 872. The molecule has 1 unspecified atom stereocenters. The standard InChI is InChI=1S/C21H25ClN2O3S/c1-13-15(22)6-5-7-16(13)24-20(27)19(26)23-12-21(10-3-4-11-21)18-9-8-17(28-18)14(2)25/h5-9,14,25H,3-4,10-12H2,1-2H3,(H,23,26)(H,24,27). The molecule has 0 aliphatic heterocycles. The van der Waals surface area contributed by atoms with Gasteiger partial charge in [0.1, 0.15) is 0 Å². The van der Waals surface area contributed by atoms with E-state index in [9.17, 15) is 14.7 Å². The van der Waals surface area contributed by atoms with E-state index in [-0.39, 0.29) is 5.41 Å². The minimum Gasteiger partial charge on any atom is -0.388 e. The predicted octanol–water partition coefficient (Wildman–Crippen LogP) is 4.33. The van der Waals surface area contributed by atoms with Crippen LogP contribution < -0.4 is 10.6 Å². The fourth-order valence-electron chi connectivity index (χ4n) is 3.68. The quantitative estimate of drug-likeness (QED) is 0.630. The van der Waals surface area contributed by atoms with Crippen molar-refractivity contribution in [3.8, 4) is 0 Å². The van der Waals surface area contributed by atoms with Crippen LogP contribution in [-0.4, -0.2) is 23.5 Å². The molecule has 7 heteroatoms. The van der Waals surface area contributed by atoms with Crippen molar-refractivity contribution in [3.05, 3.63) is 50.7 Å². The number of halogens is 1. The van der Waals surface area contributed by atoms with Crippen LogP contribution in [0.15, 0.2) is 30.3 Å². The van der Waals surface area contributed by atoms with Crippen molar-refractivity contribution < 1.29 is 14.7 Å². The zero-order valence-corrected chi connectivity index (χ0v) is 17.6. The van der Waals surface area contributed by atoms with Gasteiger partial charge in [0.15, 0.2) is 0 Å². The minimum atomic E-state index is -0.700. The number of rotatable bonds is 5. The highest BCUT2D eigenvalue weighted by atomic mass is 35.5. The van der Waals surface area contributed by atoms with Gasteiger partial charge in [-0.3, -0.25) is 9.59 Å². The van der Waals surface area contributed by atoms with Crippen molar-refractivity contribution in [1.29, 1.82) is 0 Å². The SMILES string of the molecule is Cc1c(Cl)cccc1NC(=O)C(=O)NCC1(c2ccc(C(C)O)s2)CCCC1. The molecule has 1 aliphatic carbocycles. The number of anilines is 1. The molecule has 0 saturated heterocycles. The molecule has 1 aromatic carbocycles. The molecule has 1 atom stereocenters. The summed E-state index contributed by atoms with van der Waals surface area (Å²) in [5.41, 5.74) is 1.09. The van der Waals surface area contributed by atoms with Crippen molar-refractivity contribution in [2.24, 2.45) is 0 Å². The summed E-state index contributed by atoms with van der Waals surface area (Å²) in [6.07, 6.45) is 3.60. The Morgan fingerprint density at radius 2 is 1.93 bits per heavy atom. The molecule has 1 aromatic heterocycles. The molecule has 0 spiro atoms. The number of hydrogen-bond acceptors (Lipinski definition) is 4. The summed E-state index contributed by atoms with van der Waals surface area (Å²) < 4.78 is 0. The van der Waals surface area contributed by atoms with Gasteiger partial charge >= 0.3 is 11.8 Å². The third kappa shape index (κ3) is 4.40. The van der Waals surface area contributed by atoms with Gasteiger partial charge in [-0.1, -0.05) is 30.5 Å². The lowest BCUT2D eigenvalue weighted by Crippen LogP contribution is -2.43. The first-order valence-corrected chi connectivity index (χ1v) is 10.6. The number of aliphatic hydroxyl groups excluding tert-OH is 1. The van der Waals surface area contributed by atoms with Crippen molar-refractivity contribution in [1.82, 2.24) is 5.32 Å². The van der Waals surface area contributed by atoms with Crippen molar-refractivity contribution >= 4 is 40.4 Å². The van der Waals surface area contributed by atoms with Crippen molar-refractivity contribution in [3.63, 3.8) is 0 Å². The largest absolute Gasteiger partial charge is 0.388 e. The number of amides is 2. The van der Waals surface area contributed by atoms with Crippen LogP contribution in [0.3, 0.4) is 0 Å². The van der Waals surface area contributed by atoms with Gasteiger partial charge in [0.2, 0.25) is 0 Å². The van der Waals surface area contributed by atoms with E-state index in [2.05, 4.69) is 10.6 Å². The lowest BCUT2D eigenvalue weighted by atomic mass is 9.84. The molecule has 28 heavy (non-hydrogen) atoms. The summed E-state index contributed by atoms with van der Waals surface area (Å²) in [5, 5.41) is 15.8. The molecule has 3 N–H and O–H groups in total. The highest BCUT2D eigenvalue weighted by Crippen LogP contribution is 2.44. The van der Waals surface area contributed by atoms with E-state index in [0.29, 0.717) is 17.3 Å². The van der Waals surface area contributed by atoms with Crippen LogP contribution in [0.2, 0.25) is 5.02 Å². The van der Waals surface area contributed by atoms with E-state index < -0.39 is 17.9 Å². The summed E-state index contributed by atoms with van der Waals surface area (Å²) in [4.78, 5) is 26.8.